The summed E-state index contributed by atoms with van der Waals surface area (Å²) in [4.78, 5) is 24.8. The smallest absolute Gasteiger partial charge is 0.275 e. The van der Waals surface area contributed by atoms with Crippen LogP contribution < -0.4 is 15.8 Å². The number of aromatic nitrogens is 2. The van der Waals surface area contributed by atoms with Crippen LogP contribution in [-0.4, -0.2) is 33.7 Å². The molecule has 29 heavy (non-hydrogen) atoms. The minimum atomic E-state index is -1.03. The van der Waals surface area contributed by atoms with E-state index >= 15 is 0 Å². The highest BCUT2D eigenvalue weighted by Gasteiger charge is 2.48. The average Bonchev–Trinajstić information content (AvgIpc) is 3.14. The van der Waals surface area contributed by atoms with Crippen molar-refractivity contribution in [3.63, 3.8) is 0 Å². The number of carbonyl (C=O) groups is 1. The number of aliphatic imine (C=N–C) groups is 1. The van der Waals surface area contributed by atoms with Crippen LogP contribution in [0.2, 0.25) is 0 Å². The minimum Gasteiger partial charge on any atom is -0.445 e. The molecule has 152 valence electrons. The number of halogens is 2. The second-order valence-corrected chi connectivity index (χ2v) is 7.96. The average molecular weight is 419 g/mol. The molecule has 2 heterocycles. The lowest BCUT2D eigenvalue weighted by Gasteiger charge is -2.36. The number of fused-ring (bicyclic) bond motifs is 1. The van der Waals surface area contributed by atoms with E-state index in [1.165, 1.54) is 30.1 Å². The third kappa shape index (κ3) is 3.76. The molecule has 2 atom stereocenters. The van der Waals surface area contributed by atoms with Crippen LogP contribution in [0, 0.1) is 11.7 Å². The number of hydrogen-bond acceptors (Lipinski definition) is 7. The molecule has 4 rings (SSSR count). The monoisotopic (exact) mass is 419 g/mol. The zero-order valence-electron chi connectivity index (χ0n) is 15.4. The molecule has 1 fully saturated rings. The maximum atomic E-state index is 14.8. The van der Waals surface area contributed by atoms with Gasteiger partial charge in [0.25, 0.3) is 5.91 Å². The Morgan fingerprint density at radius 2 is 2.24 bits per heavy atom. The first-order valence-corrected chi connectivity index (χ1v) is 10.1. The summed E-state index contributed by atoms with van der Waals surface area (Å²) in [6.07, 6.45) is 4.96. The van der Waals surface area contributed by atoms with Gasteiger partial charge in [-0.1, -0.05) is 18.2 Å². The van der Waals surface area contributed by atoms with E-state index in [2.05, 4.69) is 25.0 Å². The summed E-state index contributed by atoms with van der Waals surface area (Å²) in [6.45, 7) is -1.03. The summed E-state index contributed by atoms with van der Waals surface area (Å²) < 4.78 is 31.5. The van der Waals surface area contributed by atoms with Crippen LogP contribution in [0.4, 0.5) is 14.5 Å². The van der Waals surface area contributed by atoms with Crippen LogP contribution in [0.3, 0.4) is 0 Å². The molecule has 0 radical (unpaired) electrons. The quantitative estimate of drug-likeness (QED) is 0.771. The van der Waals surface area contributed by atoms with Gasteiger partial charge < -0.3 is 15.8 Å². The molecule has 0 unspecified atom stereocenters. The minimum absolute atomic E-state index is 0.0230. The predicted octanol–water partition coefficient (Wildman–Crippen LogP) is 3.23. The highest BCUT2D eigenvalue weighted by Crippen LogP contribution is 2.51. The number of ether oxygens (including phenoxy) is 1. The zero-order chi connectivity index (χ0) is 20.4. The van der Waals surface area contributed by atoms with Crippen LogP contribution in [-0.2, 0) is 5.54 Å². The van der Waals surface area contributed by atoms with Crippen LogP contribution in [0.25, 0.3) is 0 Å². The van der Waals surface area contributed by atoms with E-state index in [0.29, 0.717) is 16.4 Å². The predicted molar refractivity (Wildman–Crippen MR) is 106 cm³/mol. The number of nitrogens with one attached hydrogen (secondary N) is 1. The number of hydrogen-bond donors (Lipinski definition) is 2. The molecule has 1 saturated carbocycles. The molecule has 1 amide bonds. The number of anilines is 1. The molecule has 1 aliphatic carbocycles. The Bertz CT molecular complexity index is 956. The van der Waals surface area contributed by atoms with E-state index in [1.807, 2.05) is 0 Å². The van der Waals surface area contributed by atoms with Gasteiger partial charge in [-0.25, -0.2) is 18.7 Å². The van der Waals surface area contributed by atoms with E-state index in [-0.39, 0.29) is 23.3 Å². The summed E-state index contributed by atoms with van der Waals surface area (Å²) in [6, 6.07) is 4.43. The second kappa shape index (κ2) is 7.94. The third-order valence-corrected chi connectivity index (χ3v) is 6.24. The van der Waals surface area contributed by atoms with Crippen LogP contribution in [0.15, 0.2) is 35.6 Å². The number of amides is 1. The molecule has 1 aromatic carbocycles. The van der Waals surface area contributed by atoms with Gasteiger partial charge in [-0.15, -0.1) is 0 Å². The highest BCUT2D eigenvalue weighted by molar-refractivity contribution is 8.13. The fraction of sp³-hybridized carbons (Fsp3) is 0.368. The summed E-state index contributed by atoms with van der Waals surface area (Å²) in [5.74, 6) is 0.0866. The van der Waals surface area contributed by atoms with Gasteiger partial charge in [0.1, 0.15) is 11.5 Å². The lowest BCUT2D eigenvalue weighted by Crippen LogP contribution is -2.37. The van der Waals surface area contributed by atoms with Gasteiger partial charge >= 0.3 is 0 Å². The molecule has 1 aliphatic heterocycles. The standard InChI is InChI=1S/C19H19F2N5O2S/c20-10-28-16-8-23-15(7-24-16)17(27)25-12-3-4-14(21)13(6-12)19-5-1-2-11(19)9-29-18(22)26-19/h3-4,6-8,11H,1-2,5,9-10H2,(H2,22,26)(H,25,27)/t11-,19-/m0/s1. The largest absolute Gasteiger partial charge is 0.445 e. The Kier molecular flexibility index (Phi) is 5.35. The van der Waals surface area contributed by atoms with Gasteiger partial charge in [-0.05, 0) is 37.0 Å². The van der Waals surface area contributed by atoms with Crippen molar-refractivity contribution < 1.29 is 18.3 Å². The zero-order valence-corrected chi connectivity index (χ0v) is 16.2. The lowest BCUT2D eigenvalue weighted by molar-refractivity contribution is 0.102. The summed E-state index contributed by atoms with van der Waals surface area (Å²) in [5, 5.41) is 3.16. The van der Waals surface area contributed by atoms with Gasteiger partial charge in [0.15, 0.2) is 5.17 Å². The van der Waals surface area contributed by atoms with Gasteiger partial charge in [0.05, 0.1) is 17.9 Å². The SMILES string of the molecule is NC1=N[C@@]2(c3cc(NC(=O)c4cnc(OCF)cn4)ccc3F)CCC[C@H]2CS1. The normalized spacial score (nSPS) is 23.2. The Labute approximate surface area is 170 Å². The Morgan fingerprint density at radius 3 is 3.00 bits per heavy atom. The lowest BCUT2D eigenvalue weighted by atomic mass is 9.81. The van der Waals surface area contributed by atoms with Crippen molar-refractivity contribution in [2.75, 3.05) is 17.9 Å². The van der Waals surface area contributed by atoms with E-state index in [4.69, 9.17) is 5.73 Å². The number of alkyl halides is 1. The number of nitrogens with zero attached hydrogens (tertiary/aromatic N) is 3. The maximum Gasteiger partial charge on any atom is 0.275 e. The summed E-state index contributed by atoms with van der Waals surface area (Å²) >= 11 is 1.50. The van der Waals surface area contributed by atoms with Crippen molar-refractivity contribution in [2.24, 2.45) is 16.6 Å². The molecule has 10 heteroatoms. The molecule has 7 nitrogen and oxygen atoms in total. The molecule has 0 spiro atoms. The van der Waals surface area contributed by atoms with Crippen molar-refractivity contribution in [3.05, 3.63) is 47.7 Å². The number of nitrogens with two attached hydrogens (primary N) is 1. The first-order chi connectivity index (χ1) is 14.0. The van der Waals surface area contributed by atoms with Crippen LogP contribution >= 0.6 is 11.8 Å². The van der Waals surface area contributed by atoms with Gasteiger partial charge in [-0.2, -0.15) is 0 Å². The summed E-state index contributed by atoms with van der Waals surface area (Å²) in [5.41, 5.74) is 6.16. The van der Waals surface area contributed by atoms with Crippen molar-refractivity contribution >= 4 is 28.5 Å². The molecule has 0 bridgehead atoms. The number of thioether (sulfide) groups is 1. The molecule has 3 N–H and O–H groups in total. The fourth-order valence-corrected chi connectivity index (χ4v) is 4.99. The van der Waals surface area contributed by atoms with Gasteiger partial charge in [0, 0.05) is 17.0 Å². The van der Waals surface area contributed by atoms with Crippen molar-refractivity contribution in [1.82, 2.24) is 9.97 Å². The van der Waals surface area contributed by atoms with E-state index in [0.717, 1.165) is 31.2 Å². The topological polar surface area (TPSA) is 102 Å². The molecule has 1 aromatic heterocycles. The van der Waals surface area contributed by atoms with E-state index in [1.54, 1.807) is 6.07 Å². The number of carbonyl (C=O) groups excluding carboxylic acids is 1. The molecule has 2 aliphatic rings. The number of benzene rings is 1. The van der Waals surface area contributed by atoms with Crippen LogP contribution in [0.1, 0.15) is 35.3 Å². The van der Waals surface area contributed by atoms with Crippen LogP contribution in [0.5, 0.6) is 5.88 Å². The van der Waals surface area contributed by atoms with E-state index < -0.39 is 18.3 Å². The Balaban J connectivity index is 1.60. The van der Waals surface area contributed by atoms with Crippen molar-refractivity contribution in [2.45, 2.75) is 24.8 Å². The third-order valence-electron chi connectivity index (χ3n) is 5.28. The number of amidine groups is 1. The first-order valence-electron chi connectivity index (χ1n) is 9.12. The molecular weight excluding hydrogens is 400 g/mol. The second-order valence-electron chi connectivity index (χ2n) is 6.92. The molecule has 0 saturated heterocycles. The summed E-state index contributed by atoms with van der Waals surface area (Å²) in [7, 11) is 0. The maximum absolute atomic E-state index is 14.8. The molecule has 2 aromatic rings. The van der Waals surface area contributed by atoms with Crippen molar-refractivity contribution in [3.8, 4) is 5.88 Å². The van der Waals surface area contributed by atoms with Crippen molar-refractivity contribution in [1.29, 1.82) is 0 Å². The first kappa shape index (κ1) is 19.6. The molecular formula is C19H19F2N5O2S. The number of rotatable bonds is 5. The van der Waals surface area contributed by atoms with Gasteiger partial charge in [-0.3, -0.25) is 9.79 Å². The van der Waals surface area contributed by atoms with E-state index in [9.17, 15) is 13.6 Å². The van der Waals surface area contributed by atoms with Gasteiger partial charge in [0.2, 0.25) is 12.7 Å². The fourth-order valence-electron chi connectivity index (χ4n) is 3.95. The Morgan fingerprint density at radius 1 is 1.38 bits per heavy atom. The highest BCUT2D eigenvalue weighted by atomic mass is 32.2. The Hall–Kier alpha value is -2.75.